The van der Waals surface area contributed by atoms with Crippen molar-refractivity contribution in [1.29, 1.82) is 0 Å². The van der Waals surface area contributed by atoms with E-state index >= 15 is 0 Å². The number of hydrogen-bond acceptors (Lipinski definition) is 3. The quantitative estimate of drug-likeness (QED) is 0.829. The SMILES string of the molecule is CC(C)COc1ccc2c(c1)c(CN(C)C)nn2C. The van der Waals surface area contributed by atoms with E-state index in [1.54, 1.807) is 0 Å². The molecule has 0 saturated carbocycles. The van der Waals surface area contributed by atoms with E-state index in [1.807, 2.05) is 17.8 Å². The average Bonchev–Trinajstić information content (AvgIpc) is 2.63. The van der Waals surface area contributed by atoms with Gasteiger partial charge in [0.05, 0.1) is 17.8 Å². The van der Waals surface area contributed by atoms with Crippen molar-refractivity contribution >= 4 is 10.9 Å². The maximum atomic E-state index is 5.79. The molecule has 2 rings (SSSR count). The Labute approximate surface area is 115 Å². The second-order valence-electron chi connectivity index (χ2n) is 5.69. The second kappa shape index (κ2) is 5.61. The van der Waals surface area contributed by atoms with Gasteiger partial charge in [0.1, 0.15) is 5.75 Å². The molecule has 0 amide bonds. The highest BCUT2D eigenvalue weighted by atomic mass is 16.5. The Kier molecular flexibility index (Phi) is 4.10. The topological polar surface area (TPSA) is 30.3 Å². The highest BCUT2D eigenvalue weighted by Gasteiger charge is 2.10. The normalized spacial score (nSPS) is 11.7. The molecule has 4 nitrogen and oxygen atoms in total. The monoisotopic (exact) mass is 261 g/mol. The Morgan fingerprint density at radius 1 is 1.32 bits per heavy atom. The maximum absolute atomic E-state index is 5.79. The summed E-state index contributed by atoms with van der Waals surface area (Å²) in [5.74, 6) is 1.46. The summed E-state index contributed by atoms with van der Waals surface area (Å²) in [7, 11) is 6.09. The molecule has 2 aromatic rings. The number of benzene rings is 1. The van der Waals surface area contributed by atoms with Crippen LogP contribution in [0.1, 0.15) is 19.5 Å². The molecule has 0 unspecified atom stereocenters. The minimum atomic E-state index is 0.533. The zero-order valence-corrected chi connectivity index (χ0v) is 12.5. The van der Waals surface area contributed by atoms with Crippen molar-refractivity contribution in [3.8, 4) is 5.75 Å². The molecule has 1 heterocycles. The smallest absolute Gasteiger partial charge is 0.120 e. The number of aryl methyl sites for hydroxylation is 1. The van der Waals surface area contributed by atoms with Crippen LogP contribution in [-0.2, 0) is 13.6 Å². The van der Waals surface area contributed by atoms with Gasteiger partial charge in [0.25, 0.3) is 0 Å². The van der Waals surface area contributed by atoms with E-state index in [4.69, 9.17) is 4.74 Å². The largest absolute Gasteiger partial charge is 0.493 e. The summed E-state index contributed by atoms with van der Waals surface area (Å²) in [5.41, 5.74) is 2.24. The Hall–Kier alpha value is -1.55. The number of nitrogens with zero attached hydrogens (tertiary/aromatic N) is 3. The van der Waals surface area contributed by atoms with Crippen molar-refractivity contribution in [2.75, 3.05) is 20.7 Å². The molecule has 1 aromatic heterocycles. The van der Waals surface area contributed by atoms with Crippen LogP contribution in [-0.4, -0.2) is 35.4 Å². The van der Waals surface area contributed by atoms with Gasteiger partial charge in [0.2, 0.25) is 0 Å². The molecule has 19 heavy (non-hydrogen) atoms. The number of rotatable bonds is 5. The van der Waals surface area contributed by atoms with Crippen LogP contribution in [0.15, 0.2) is 18.2 Å². The van der Waals surface area contributed by atoms with Crippen LogP contribution >= 0.6 is 0 Å². The van der Waals surface area contributed by atoms with Crippen LogP contribution in [0.25, 0.3) is 10.9 Å². The first-order valence-corrected chi connectivity index (χ1v) is 6.70. The van der Waals surface area contributed by atoms with Gasteiger partial charge in [-0.25, -0.2) is 0 Å². The van der Waals surface area contributed by atoms with Crippen LogP contribution in [0, 0.1) is 5.92 Å². The van der Waals surface area contributed by atoms with Gasteiger partial charge in [0, 0.05) is 19.0 Å². The van der Waals surface area contributed by atoms with Crippen LogP contribution < -0.4 is 4.74 Å². The molecule has 0 atom stereocenters. The molecule has 0 fully saturated rings. The fourth-order valence-corrected chi connectivity index (χ4v) is 2.09. The van der Waals surface area contributed by atoms with Crippen LogP contribution in [0.5, 0.6) is 5.75 Å². The van der Waals surface area contributed by atoms with E-state index in [-0.39, 0.29) is 0 Å². The third-order valence-corrected chi connectivity index (χ3v) is 2.95. The zero-order chi connectivity index (χ0) is 14.0. The summed E-state index contributed by atoms with van der Waals surface area (Å²) in [6.45, 7) is 5.89. The van der Waals surface area contributed by atoms with Crippen LogP contribution in [0.3, 0.4) is 0 Å². The lowest BCUT2D eigenvalue weighted by Crippen LogP contribution is -2.11. The maximum Gasteiger partial charge on any atom is 0.120 e. The Morgan fingerprint density at radius 2 is 2.05 bits per heavy atom. The summed E-state index contributed by atoms with van der Waals surface area (Å²) in [6.07, 6.45) is 0. The molecule has 4 heteroatoms. The number of ether oxygens (including phenoxy) is 1. The molecule has 0 aliphatic heterocycles. The van der Waals surface area contributed by atoms with E-state index in [0.29, 0.717) is 5.92 Å². The van der Waals surface area contributed by atoms with Crippen molar-refractivity contribution in [1.82, 2.24) is 14.7 Å². The van der Waals surface area contributed by atoms with Crippen molar-refractivity contribution < 1.29 is 4.74 Å². The van der Waals surface area contributed by atoms with Gasteiger partial charge in [-0.2, -0.15) is 5.10 Å². The Bertz CT molecular complexity index is 558. The average molecular weight is 261 g/mol. The number of aromatic nitrogens is 2. The lowest BCUT2D eigenvalue weighted by molar-refractivity contribution is 0.271. The molecule has 0 spiro atoms. The first-order valence-electron chi connectivity index (χ1n) is 6.70. The van der Waals surface area contributed by atoms with E-state index in [0.717, 1.165) is 30.1 Å². The van der Waals surface area contributed by atoms with Crippen molar-refractivity contribution in [2.45, 2.75) is 20.4 Å². The molecule has 0 aliphatic rings. The molecule has 104 valence electrons. The lowest BCUT2D eigenvalue weighted by atomic mass is 10.2. The Morgan fingerprint density at radius 3 is 2.68 bits per heavy atom. The van der Waals surface area contributed by atoms with Crippen molar-refractivity contribution in [3.05, 3.63) is 23.9 Å². The van der Waals surface area contributed by atoms with Gasteiger partial charge in [-0.15, -0.1) is 0 Å². The first-order chi connectivity index (χ1) is 8.97. The lowest BCUT2D eigenvalue weighted by Gasteiger charge is -2.09. The summed E-state index contributed by atoms with van der Waals surface area (Å²) in [4.78, 5) is 2.13. The van der Waals surface area contributed by atoms with Gasteiger partial charge in [0.15, 0.2) is 0 Å². The van der Waals surface area contributed by atoms with E-state index in [1.165, 1.54) is 5.39 Å². The van der Waals surface area contributed by atoms with E-state index in [9.17, 15) is 0 Å². The molecule has 0 aliphatic carbocycles. The number of hydrogen-bond donors (Lipinski definition) is 0. The van der Waals surface area contributed by atoms with E-state index < -0.39 is 0 Å². The molecular weight excluding hydrogens is 238 g/mol. The minimum Gasteiger partial charge on any atom is -0.493 e. The van der Waals surface area contributed by atoms with Gasteiger partial charge < -0.3 is 9.64 Å². The highest BCUT2D eigenvalue weighted by molar-refractivity contribution is 5.83. The van der Waals surface area contributed by atoms with Crippen LogP contribution in [0.2, 0.25) is 0 Å². The van der Waals surface area contributed by atoms with Gasteiger partial charge in [-0.05, 0) is 38.2 Å². The fraction of sp³-hybridized carbons (Fsp3) is 0.533. The van der Waals surface area contributed by atoms with Crippen molar-refractivity contribution in [3.63, 3.8) is 0 Å². The summed E-state index contributed by atoms with van der Waals surface area (Å²) in [6, 6.07) is 6.20. The summed E-state index contributed by atoms with van der Waals surface area (Å²) in [5, 5.41) is 5.76. The van der Waals surface area contributed by atoms with Gasteiger partial charge in [-0.1, -0.05) is 13.8 Å². The number of fused-ring (bicyclic) bond motifs is 1. The zero-order valence-electron chi connectivity index (χ0n) is 12.5. The molecule has 1 aromatic carbocycles. The minimum absolute atomic E-state index is 0.533. The van der Waals surface area contributed by atoms with Crippen LogP contribution in [0.4, 0.5) is 0 Å². The molecule has 0 saturated heterocycles. The highest BCUT2D eigenvalue weighted by Crippen LogP contribution is 2.24. The first kappa shape index (κ1) is 13.9. The summed E-state index contributed by atoms with van der Waals surface area (Å²) < 4.78 is 7.73. The third-order valence-electron chi connectivity index (χ3n) is 2.95. The second-order valence-corrected chi connectivity index (χ2v) is 5.69. The third kappa shape index (κ3) is 3.26. The Balaban J connectivity index is 2.33. The van der Waals surface area contributed by atoms with E-state index in [2.05, 4.69) is 50.1 Å². The molecule has 0 radical (unpaired) electrons. The molecule has 0 N–H and O–H groups in total. The predicted octanol–water partition coefficient (Wildman–Crippen LogP) is 2.67. The standard InChI is InChI=1S/C15H23N3O/c1-11(2)10-19-12-6-7-15-13(8-12)14(9-17(3)4)16-18(15)5/h6-8,11H,9-10H2,1-5H3. The van der Waals surface area contributed by atoms with Crippen molar-refractivity contribution in [2.24, 2.45) is 13.0 Å². The van der Waals surface area contributed by atoms with Gasteiger partial charge in [-0.3, -0.25) is 4.68 Å². The van der Waals surface area contributed by atoms with Gasteiger partial charge >= 0.3 is 0 Å². The fourth-order valence-electron chi connectivity index (χ4n) is 2.09. The predicted molar refractivity (Wildman–Crippen MR) is 78.4 cm³/mol. The summed E-state index contributed by atoms with van der Waals surface area (Å²) >= 11 is 0. The molecular formula is C15H23N3O. The molecule has 0 bridgehead atoms.